The Morgan fingerprint density at radius 3 is 2.93 bits per heavy atom. The lowest BCUT2D eigenvalue weighted by Crippen LogP contribution is -2.32. The van der Waals surface area contributed by atoms with E-state index in [1.165, 1.54) is 31.3 Å². The van der Waals surface area contributed by atoms with E-state index in [2.05, 4.69) is 21.7 Å². The highest BCUT2D eigenvalue weighted by atomic mass is 16.5. The summed E-state index contributed by atoms with van der Waals surface area (Å²) >= 11 is 0. The van der Waals surface area contributed by atoms with E-state index < -0.39 is 5.97 Å². The van der Waals surface area contributed by atoms with Gasteiger partial charge < -0.3 is 14.6 Å². The van der Waals surface area contributed by atoms with Gasteiger partial charge in [0.15, 0.2) is 0 Å². The Kier molecular flexibility index (Phi) is 5.67. The molecular weight excluding hydrogens is 368 g/mol. The molecule has 1 aromatic heterocycles. The zero-order valence-electron chi connectivity index (χ0n) is 17.1. The number of carbonyl (C=O) groups is 2. The molecule has 1 fully saturated rings. The first kappa shape index (κ1) is 19.6. The zero-order valence-corrected chi connectivity index (χ0v) is 17.1. The molecule has 0 spiro atoms. The molecule has 7 nitrogen and oxygen atoms in total. The van der Waals surface area contributed by atoms with E-state index in [0.717, 1.165) is 38.2 Å². The van der Waals surface area contributed by atoms with E-state index >= 15 is 0 Å². The lowest BCUT2D eigenvalue weighted by Gasteiger charge is -2.21. The molecule has 0 bridgehead atoms. The van der Waals surface area contributed by atoms with Crippen LogP contribution in [-0.2, 0) is 22.4 Å². The molecule has 4 rings (SSSR count). The van der Waals surface area contributed by atoms with E-state index in [0.29, 0.717) is 23.8 Å². The number of esters is 1. The molecule has 1 aromatic carbocycles. The number of carbonyl (C=O) groups excluding carboxylic acids is 2. The van der Waals surface area contributed by atoms with Gasteiger partial charge in [0, 0.05) is 30.5 Å². The van der Waals surface area contributed by atoms with Crippen LogP contribution < -0.4 is 5.32 Å². The molecule has 7 heteroatoms. The molecule has 1 atom stereocenters. The van der Waals surface area contributed by atoms with Crippen LogP contribution in [0.15, 0.2) is 24.3 Å². The first-order valence-electron chi connectivity index (χ1n) is 10.3. The molecule has 154 valence electrons. The minimum atomic E-state index is -0.414. The van der Waals surface area contributed by atoms with Gasteiger partial charge in [0.05, 0.1) is 24.9 Å². The standard InChI is InChI=1S/C22H28N4O3/c1-15-23-19-8-3-4-9-20(19)26(15)18-10-11-25(13-18)14-21(27)24-17-7-5-6-16(12-17)22(28)29-2/h5-7,12,18H,3-4,8-11,13-14H2,1-2H3,(H,24,27)/t18-/m0/s1. The average molecular weight is 396 g/mol. The molecule has 2 aliphatic rings. The Morgan fingerprint density at radius 2 is 2.10 bits per heavy atom. The number of hydrogen-bond donors (Lipinski definition) is 1. The molecule has 0 saturated carbocycles. The van der Waals surface area contributed by atoms with Gasteiger partial charge in [0.25, 0.3) is 0 Å². The molecule has 2 aromatic rings. The molecule has 1 aliphatic heterocycles. The Bertz CT molecular complexity index is 921. The summed E-state index contributed by atoms with van der Waals surface area (Å²) in [5, 5.41) is 2.89. The third kappa shape index (κ3) is 4.19. The Morgan fingerprint density at radius 1 is 1.28 bits per heavy atom. The monoisotopic (exact) mass is 396 g/mol. The minimum Gasteiger partial charge on any atom is -0.465 e. The molecule has 1 aliphatic carbocycles. The average Bonchev–Trinajstić information content (AvgIpc) is 3.30. The van der Waals surface area contributed by atoms with Crippen LogP contribution in [0.5, 0.6) is 0 Å². The second-order valence-electron chi connectivity index (χ2n) is 7.93. The van der Waals surface area contributed by atoms with Crippen molar-refractivity contribution in [2.45, 2.75) is 45.1 Å². The number of methoxy groups -OCH3 is 1. The fourth-order valence-corrected chi connectivity index (χ4v) is 4.59. The maximum absolute atomic E-state index is 12.5. The summed E-state index contributed by atoms with van der Waals surface area (Å²) < 4.78 is 7.16. The fourth-order valence-electron chi connectivity index (χ4n) is 4.59. The van der Waals surface area contributed by atoms with Gasteiger partial charge in [-0.3, -0.25) is 9.69 Å². The topological polar surface area (TPSA) is 76.5 Å². The Balaban J connectivity index is 1.37. The van der Waals surface area contributed by atoms with Crippen LogP contribution in [0.1, 0.15) is 52.9 Å². The minimum absolute atomic E-state index is 0.0722. The number of amides is 1. The molecule has 0 radical (unpaired) electrons. The van der Waals surface area contributed by atoms with Crippen LogP contribution >= 0.6 is 0 Å². The maximum Gasteiger partial charge on any atom is 0.337 e. The third-order valence-corrected chi connectivity index (χ3v) is 5.89. The number of likely N-dealkylation sites (tertiary alicyclic amines) is 1. The quantitative estimate of drug-likeness (QED) is 0.787. The SMILES string of the molecule is COC(=O)c1cccc(NC(=O)CN2CC[C@H](n3c(C)nc4c3CCCC4)C2)c1. The number of anilines is 1. The molecular formula is C22H28N4O3. The van der Waals surface area contributed by atoms with Crippen molar-refractivity contribution in [1.82, 2.24) is 14.5 Å². The molecule has 1 amide bonds. The molecule has 1 saturated heterocycles. The summed E-state index contributed by atoms with van der Waals surface area (Å²) in [5.74, 6) is 0.618. The second kappa shape index (κ2) is 8.37. The summed E-state index contributed by atoms with van der Waals surface area (Å²) in [7, 11) is 1.34. The maximum atomic E-state index is 12.5. The smallest absolute Gasteiger partial charge is 0.337 e. The van der Waals surface area contributed by atoms with Crippen molar-refractivity contribution in [2.24, 2.45) is 0 Å². The number of imidazole rings is 1. The van der Waals surface area contributed by atoms with Gasteiger partial charge in [0.2, 0.25) is 5.91 Å². The normalized spacial score (nSPS) is 19.0. The number of hydrogen-bond acceptors (Lipinski definition) is 5. The molecule has 29 heavy (non-hydrogen) atoms. The van der Waals surface area contributed by atoms with Gasteiger partial charge >= 0.3 is 5.97 Å². The summed E-state index contributed by atoms with van der Waals surface area (Å²) in [4.78, 5) is 31.2. The molecule has 0 unspecified atom stereocenters. The predicted octanol–water partition coefficient (Wildman–Crippen LogP) is 2.74. The van der Waals surface area contributed by atoms with Crippen LogP contribution in [0.4, 0.5) is 5.69 Å². The van der Waals surface area contributed by atoms with Gasteiger partial charge in [-0.15, -0.1) is 0 Å². The summed E-state index contributed by atoms with van der Waals surface area (Å²) in [6.07, 6.45) is 5.71. The van der Waals surface area contributed by atoms with Gasteiger partial charge in [0.1, 0.15) is 5.82 Å². The largest absolute Gasteiger partial charge is 0.465 e. The van der Waals surface area contributed by atoms with Crippen molar-refractivity contribution in [3.63, 3.8) is 0 Å². The second-order valence-corrected chi connectivity index (χ2v) is 7.93. The van der Waals surface area contributed by atoms with Gasteiger partial charge in [-0.1, -0.05) is 6.07 Å². The predicted molar refractivity (Wildman–Crippen MR) is 110 cm³/mol. The van der Waals surface area contributed by atoms with Gasteiger partial charge in [-0.2, -0.15) is 0 Å². The van der Waals surface area contributed by atoms with Crippen molar-refractivity contribution in [1.29, 1.82) is 0 Å². The highest BCUT2D eigenvalue weighted by molar-refractivity contribution is 5.95. The van der Waals surface area contributed by atoms with Crippen molar-refractivity contribution in [3.8, 4) is 0 Å². The number of ether oxygens (including phenoxy) is 1. The van der Waals surface area contributed by atoms with Crippen LogP contribution in [0.2, 0.25) is 0 Å². The van der Waals surface area contributed by atoms with E-state index in [-0.39, 0.29) is 5.91 Å². The van der Waals surface area contributed by atoms with E-state index in [4.69, 9.17) is 9.72 Å². The highest BCUT2D eigenvalue weighted by Gasteiger charge is 2.29. The van der Waals surface area contributed by atoms with E-state index in [1.807, 2.05) is 0 Å². The number of nitrogens with one attached hydrogen (secondary N) is 1. The molecule has 1 N–H and O–H groups in total. The number of aromatic nitrogens is 2. The Hall–Kier alpha value is -2.67. The van der Waals surface area contributed by atoms with Crippen molar-refractivity contribution < 1.29 is 14.3 Å². The van der Waals surface area contributed by atoms with Crippen molar-refractivity contribution in [2.75, 3.05) is 32.1 Å². The summed E-state index contributed by atoms with van der Waals surface area (Å²) in [5.41, 5.74) is 3.71. The molecule has 2 heterocycles. The lowest BCUT2D eigenvalue weighted by atomic mass is 10.0. The Labute approximate surface area is 171 Å². The van der Waals surface area contributed by atoms with Gasteiger partial charge in [-0.25, -0.2) is 9.78 Å². The number of benzene rings is 1. The number of aryl methyl sites for hydroxylation is 2. The number of fused-ring (bicyclic) bond motifs is 1. The summed E-state index contributed by atoms with van der Waals surface area (Å²) in [6, 6.07) is 7.20. The highest BCUT2D eigenvalue weighted by Crippen LogP contribution is 2.30. The fraction of sp³-hybridized carbons (Fsp3) is 0.500. The first-order chi connectivity index (χ1) is 14.0. The van der Waals surface area contributed by atoms with Crippen LogP contribution in [0.3, 0.4) is 0 Å². The summed E-state index contributed by atoms with van der Waals surface area (Å²) in [6.45, 7) is 4.20. The number of nitrogens with zero attached hydrogens (tertiary/aromatic N) is 3. The van der Waals surface area contributed by atoms with Crippen molar-refractivity contribution >= 4 is 17.6 Å². The van der Waals surface area contributed by atoms with Crippen LogP contribution in [-0.4, -0.2) is 53.1 Å². The lowest BCUT2D eigenvalue weighted by molar-refractivity contribution is -0.117. The third-order valence-electron chi connectivity index (χ3n) is 5.89. The zero-order chi connectivity index (χ0) is 20.4. The van der Waals surface area contributed by atoms with E-state index in [9.17, 15) is 9.59 Å². The van der Waals surface area contributed by atoms with Crippen LogP contribution in [0.25, 0.3) is 0 Å². The van der Waals surface area contributed by atoms with Gasteiger partial charge in [-0.05, 0) is 57.2 Å². The first-order valence-corrected chi connectivity index (χ1v) is 10.3. The van der Waals surface area contributed by atoms with E-state index in [1.54, 1.807) is 24.3 Å². The van der Waals surface area contributed by atoms with Crippen molar-refractivity contribution in [3.05, 3.63) is 47.0 Å². The number of rotatable bonds is 5. The van der Waals surface area contributed by atoms with Crippen LogP contribution in [0, 0.1) is 6.92 Å².